The fourth-order valence-electron chi connectivity index (χ4n) is 0.997. The minimum atomic E-state index is -0.132. The molecule has 1 aromatic heterocycles. The second kappa shape index (κ2) is 3.74. The van der Waals surface area contributed by atoms with Crippen LogP contribution in [0.25, 0.3) is 0 Å². The van der Waals surface area contributed by atoms with Crippen molar-refractivity contribution in [2.75, 3.05) is 6.54 Å². The second-order valence-corrected chi connectivity index (χ2v) is 3.79. The first-order valence-corrected chi connectivity index (χ1v) is 4.20. The Morgan fingerprint density at radius 2 is 2.33 bits per heavy atom. The summed E-state index contributed by atoms with van der Waals surface area (Å²) in [5.74, 6) is 0. The zero-order chi connectivity index (χ0) is 9.03. The molecule has 0 aliphatic heterocycles. The van der Waals surface area contributed by atoms with Gasteiger partial charge in [-0.25, -0.2) is 0 Å². The topological polar surface area (TPSA) is 53.8 Å². The Morgan fingerprint density at radius 1 is 1.58 bits per heavy atom. The summed E-state index contributed by atoms with van der Waals surface area (Å²) in [5, 5.41) is 3.27. The summed E-state index contributed by atoms with van der Waals surface area (Å²) >= 11 is 0. The smallest absolute Gasteiger partial charge is 0.0357 e. The first kappa shape index (κ1) is 9.29. The molecule has 0 atom stereocenters. The van der Waals surface area contributed by atoms with Gasteiger partial charge in [-0.05, 0) is 26.0 Å². The SMILES string of the molecule is CC(C)(N)CNCc1ccc[nH]1. The fourth-order valence-corrected chi connectivity index (χ4v) is 0.997. The molecule has 3 heteroatoms. The highest BCUT2D eigenvalue weighted by atomic mass is 14.9. The summed E-state index contributed by atoms with van der Waals surface area (Å²) < 4.78 is 0. The highest BCUT2D eigenvalue weighted by molar-refractivity contribution is 5.03. The van der Waals surface area contributed by atoms with Gasteiger partial charge >= 0.3 is 0 Å². The maximum atomic E-state index is 5.80. The van der Waals surface area contributed by atoms with Gasteiger partial charge in [0.05, 0.1) is 0 Å². The standard InChI is InChI=1S/C9H17N3/c1-9(2,10)7-11-6-8-4-3-5-12-8/h3-5,11-12H,6-7,10H2,1-2H3. The third-order valence-corrected chi connectivity index (χ3v) is 1.56. The van der Waals surface area contributed by atoms with Gasteiger partial charge in [0.15, 0.2) is 0 Å². The Kier molecular flexibility index (Phi) is 2.89. The van der Waals surface area contributed by atoms with E-state index < -0.39 is 0 Å². The molecule has 0 unspecified atom stereocenters. The second-order valence-electron chi connectivity index (χ2n) is 3.79. The molecular formula is C9H17N3. The van der Waals surface area contributed by atoms with Gasteiger partial charge < -0.3 is 16.0 Å². The zero-order valence-corrected chi connectivity index (χ0v) is 7.72. The van der Waals surface area contributed by atoms with Gasteiger partial charge in [0.2, 0.25) is 0 Å². The normalized spacial score (nSPS) is 11.9. The number of nitrogens with two attached hydrogens (primary N) is 1. The monoisotopic (exact) mass is 167 g/mol. The van der Waals surface area contributed by atoms with Gasteiger partial charge in [-0.15, -0.1) is 0 Å². The van der Waals surface area contributed by atoms with E-state index in [1.54, 1.807) is 0 Å². The average molecular weight is 167 g/mol. The Hall–Kier alpha value is -0.800. The first-order chi connectivity index (χ1) is 5.58. The minimum absolute atomic E-state index is 0.132. The van der Waals surface area contributed by atoms with Crippen molar-refractivity contribution in [3.63, 3.8) is 0 Å². The number of hydrogen-bond acceptors (Lipinski definition) is 2. The van der Waals surface area contributed by atoms with E-state index in [1.165, 1.54) is 5.69 Å². The quantitative estimate of drug-likeness (QED) is 0.622. The molecular weight excluding hydrogens is 150 g/mol. The Labute approximate surface area is 73.4 Å². The molecule has 1 aromatic rings. The van der Waals surface area contributed by atoms with Crippen molar-refractivity contribution in [1.82, 2.24) is 10.3 Å². The van der Waals surface area contributed by atoms with E-state index in [0.29, 0.717) is 0 Å². The van der Waals surface area contributed by atoms with Crippen LogP contribution >= 0.6 is 0 Å². The van der Waals surface area contributed by atoms with E-state index in [1.807, 2.05) is 26.1 Å². The van der Waals surface area contributed by atoms with Crippen LogP contribution in [-0.4, -0.2) is 17.1 Å². The summed E-state index contributed by atoms with van der Waals surface area (Å²) in [5.41, 5.74) is 6.86. The van der Waals surface area contributed by atoms with Crippen LogP contribution in [-0.2, 0) is 6.54 Å². The van der Waals surface area contributed by atoms with Crippen molar-refractivity contribution in [2.24, 2.45) is 5.73 Å². The molecule has 1 heterocycles. The van der Waals surface area contributed by atoms with Crippen molar-refractivity contribution in [3.05, 3.63) is 24.0 Å². The van der Waals surface area contributed by atoms with E-state index in [9.17, 15) is 0 Å². The molecule has 0 saturated carbocycles. The lowest BCUT2D eigenvalue weighted by atomic mass is 10.1. The number of H-pyrrole nitrogens is 1. The fraction of sp³-hybridized carbons (Fsp3) is 0.556. The van der Waals surface area contributed by atoms with E-state index in [-0.39, 0.29) is 5.54 Å². The van der Waals surface area contributed by atoms with Gasteiger partial charge in [0.1, 0.15) is 0 Å². The van der Waals surface area contributed by atoms with Crippen molar-refractivity contribution in [3.8, 4) is 0 Å². The highest BCUT2D eigenvalue weighted by Gasteiger charge is 2.08. The molecule has 4 N–H and O–H groups in total. The molecule has 12 heavy (non-hydrogen) atoms. The average Bonchev–Trinajstić information content (AvgIpc) is 2.36. The lowest BCUT2D eigenvalue weighted by Gasteiger charge is -2.18. The van der Waals surface area contributed by atoms with Crippen LogP contribution in [0.2, 0.25) is 0 Å². The van der Waals surface area contributed by atoms with Crippen molar-refractivity contribution in [1.29, 1.82) is 0 Å². The molecule has 0 aliphatic carbocycles. The molecule has 0 aliphatic rings. The number of nitrogens with one attached hydrogen (secondary N) is 2. The summed E-state index contributed by atoms with van der Waals surface area (Å²) in [6.07, 6.45) is 1.92. The Balaban J connectivity index is 2.20. The van der Waals surface area contributed by atoms with Crippen molar-refractivity contribution in [2.45, 2.75) is 25.9 Å². The minimum Gasteiger partial charge on any atom is -0.364 e. The Bertz CT molecular complexity index is 208. The number of aromatic nitrogens is 1. The summed E-state index contributed by atoms with van der Waals surface area (Å²) in [4.78, 5) is 3.12. The molecule has 0 fully saturated rings. The van der Waals surface area contributed by atoms with Gasteiger partial charge in [-0.3, -0.25) is 0 Å². The maximum Gasteiger partial charge on any atom is 0.0357 e. The van der Waals surface area contributed by atoms with Crippen LogP contribution in [0, 0.1) is 0 Å². The molecule has 0 radical (unpaired) electrons. The predicted molar refractivity (Wildman–Crippen MR) is 50.8 cm³/mol. The lowest BCUT2D eigenvalue weighted by Crippen LogP contribution is -2.42. The van der Waals surface area contributed by atoms with E-state index in [0.717, 1.165) is 13.1 Å². The number of aromatic amines is 1. The van der Waals surface area contributed by atoms with Crippen LogP contribution in [0.4, 0.5) is 0 Å². The zero-order valence-electron chi connectivity index (χ0n) is 7.72. The van der Waals surface area contributed by atoms with E-state index >= 15 is 0 Å². The van der Waals surface area contributed by atoms with E-state index in [2.05, 4.69) is 16.4 Å². The molecule has 3 nitrogen and oxygen atoms in total. The highest BCUT2D eigenvalue weighted by Crippen LogP contribution is 1.96. The third kappa shape index (κ3) is 3.55. The summed E-state index contributed by atoms with van der Waals surface area (Å²) in [6, 6.07) is 4.04. The molecule has 68 valence electrons. The van der Waals surface area contributed by atoms with Crippen LogP contribution in [0.5, 0.6) is 0 Å². The van der Waals surface area contributed by atoms with E-state index in [4.69, 9.17) is 5.73 Å². The van der Waals surface area contributed by atoms with Crippen LogP contribution in [0.3, 0.4) is 0 Å². The summed E-state index contributed by atoms with van der Waals surface area (Å²) in [6.45, 7) is 5.70. The van der Waals surface area contributed by atoms with Crippen molar-refractivity contribution >= 4 is 0 Å². The van der Waals surface area contributed by atoms with Crippen LogP contribution in [0.15, 0.2) is 18.3 Å². The number of rotatable bonds is 4. The lowest BCUT2D eigenvalue weighted by molar-refractivity contribution is 0.465. The molecule has 0 aromatic carbocycles. The number of hydrogen-bond donors (Lipinski definition) is 3. The third-order valence-electron chi connectivity index (χ3n) is 1.56. The van der Waals surface area contributed by atoms with Crippen LogP contribution < -0.4 is 11.1 Å². The molecule has 0 spiro atoms. The Morgan fingerprint density at radius 3 is 2.83 bits per heavy atom. The molecule has 0 saturated heterocycles. The van der Waals surface area contributed by atoms with Gasteiger partial charge in [-0.1, -0.05) is 0 Å². The van der Waals surface area contributed by atoms with Gasteiger partial charge in [0, 0.05) is 30.5 Å². The molecule has 1 rings (SSSR count). The van der Waals surface area contributed by atoms with Gasteiger partial charge in [-0.2, -0.15) is 0 Å². The maximum absolute atomic E-state index is 5.80. The van der Waals surface area contributed by atoms with Crippen LogP contribution in [0.1, 0.15) is 19.5 Å². The largest absolute Gasteiger partial charge is 0.364 e. The predicted octanol–water partition coefficient (Wildman–Crippen LogP) is 0.842. The van der Waals surface area contributed by atoms with Crippen molar-refractivity contribution < 1.29 is 0 Å². The molecule has 0 bridgehead atoms. The first-order valence-electron chi connectivity index (χ1n) is 4.20. The molecule has 0 amide bonds. The summed E-state index contributed by atoms with van der Waals surface area (Å²) in [7, 11) is 0. The van der Waals surface area contributed by atoms with Gasteiger partial charge in [0.25, 0.3) is 0 Å².